The summed E-state index contributed by atoms with van der Waals surface area (Å²) in [6, 6.07) is 37.4. The molecule has 0 bridgehead atoms. The van der Waals surface area contributed by atoms with E-state index in [2.05, 4.69) is 139 Å². The van der Waals surface area contributed by atoms with Gasteiger partial charge in [0, 0.05) is 0 Å². The normalized spacial score (nSPS) is 11.8. The molecule has 200 valence electrons. The number of hydrogen-bond donors (Lipinski definition) is 0. The quantitative estimate of drug-likeness (QED) is 0.200. The highest BCUT2D eigenvalue weighted by atomic mass is 14.2. The summed E-state index contributed by atoms with van der Waals surface area (Å²) in [5.74, 6) is 0. The van der Waals surface area contributed by atoms with Crippen LogP contribution in [0.25, 0.3) is 65.3 Å². The third-order valence-electron chi connectivity index (χ3n) is 8.99. The maximum absolute atomic E-state index is 2.41. The van der Waals surface area contributed by atoms with E-state index in [-0.39, 0.29) is 0 Å². The van der Waals surface area contributed by atoms with E-state index in [1.807, 2.05) is 0 Å². The molecule has 7 aromatic carbocycles. The Balaban J connectivity index is 1.59. The van der Waals surface area contributed by atoms with Crippen molar-refractivity contribution in [3.05, 3.63) is 130 Å². The van der Waals surface area contributed by atoms with Gasteiger partial charge in [-0.1, -0.05) is 109 Å². The molecule has 0 aliphatic heterocycles. The monoisotopic (exact) mass is 528 g/mol. The minimum absolute atomic E-state index is 1.06. The van der Waals surface area contributed by atoms with Crippen molar-refractivity contribution in [3.63, 3.8) is 0 Å². The first-order chi connectivity index (χ1) is 19.8. The Morgan fingerprint density at radius 1 is 0.390 bits per heavy atom. The molecule has 0 spiro atoms. The van der Waals surface area contributed by atoms with Gasteiger partial charge in [0.05, 0.1) is 0 Å². The lowest BCUT2D eigenvalue weighted by Gasteiger charge is -2.20. The van der Waals surface area contributed by atoms with Gasteiger partial charge in [-0.2, -0.15) is 0 Å². The van der Waals surface area contributed by atoms with Gasteiger partial charge in [0.15, 0.2) is 0 Å². The molecule has 0 N–H and O–H groups in total. The fraction of sp³-hybridized carbons (Fsp3) is 0.171. The Kier molecular flexibility index (Phi) is 5.98. The lowest BCUT2D eigenvalue weighted by Crippen LogP contribution is -1.93. The van der Waals surface area contributed by atoms with Crippen LogP contribution in [0.3, 0.4) is 0 Å². The highest BCUT2D eigenvalue weighted by molar-refractivity contribution is 6.22. The van der Waals surface area contributed by atoms with E-state index in [9.17, 15) is 0 Å². The van der Waals surface area contributed by atoms with Gasteiger partial charge in [-0.25, -0.2) is 0 Å². The summed E-state index contributed by atoms with van der Waals surface area (Å²) in [7, 11) is 0. The molecule has 0 fully saturated rings. The lowest BCUT2D eigenvalue weighted by molar-refractivity contribution is 1.12. The molecule has 0 aromatic heterocycles. The average molecular weight is 529 g/mol. The molecule has 0 unspecified atom stereocenters. The Bertz CT molecular complexity index is 2170. The summed E-state index contributed by atoms with van der Waals surface area (Å²) in [6.45, 7) is 13.3. The zero-order valence-electron chi connectivity index (χ0n) is 24.9. The van der Waals surface area contributed by atoms with Crippen LogP contribution in [0.2, 0.25) is 0 Å². The highest BCUT2D eigenvalue weighted by Crippen LogP contribution is 2.45. The van der Waals surface area contributed by atoms with Gasteiger partial charge in [0.25, 0.3) is 0 Å². The van der Waals surface area contributed by atoms with Crippen molar-refractivity contribution in [2.24, 2.45) is 0 Å². The molecule has 0 amide bonds. The van der Waals surface area contributed by atoms with Crippen LogP contribution in [0.4, 0.5) is 0 Å². The zero-order chi connectivity index (χ0) is 28.4. The molecule has 0 heteroatoms. The third-order valence-corrected chi connectivity index (χ3v) is 8.99. The fourth-order valence-corrected chi connectivity index (χ4v) is 6.96. The Morgan fingerprint density at radius 2 is 1.00 bits per heavy atom. The van der Waals surface area contributed by atoms with Gasteiger partial charge in [-0.15, -0.1) is 0 Å². The summed E-state index contributed by atoms with van der Waals surface area (Å²) in [4.78, 5) is 0. The van der Waals surface area contributed by atoms with Crippen LogP contribution in [-0.2, 0) is 6.42 Å². The van der Waals surface area contributed by atoms with Crippen LogP contribution in [-0.4, -0.2) is 0 Å². The van der Waals surface area contributed by atoms with E-state index in [1.54, 1.807) is 0 Å². The van der Waals surface area contributed by atoms with Crippen molar-refractivity contribution < 1.29 is 0 Å². The second-order valence-corrected chi connectivity index (χ2v) is 12.1. The smallest absolute Gasteiger partial charge is 0.00260 e. The van der Waals surface area contributed by atoms with Crippen molar-refractivity contribution in [1.82, 2.24) is 0 Å². The van der Waals surface area contributed by atoms with Crippen molar-refractivity contribution in [1.29, 1.82) is 0 Å². The second-order valence-electron chi connectivity index (χ2n) is 12.1. The summed E-state index contributed by atoms with van der Waals surface area (Å²) in [6.07, 6.45) is 1.06. The third kappa shape index (κ3) is 4.21. The number of hydrogen-bond acceptors (Lipinski definition) is 0. The zero-order valence-corrected chi connectivity index (χ0v) is 24.9. The molecule has 0 aliphatic rings. The Labute approximate surface area is 243 Å². The maximum Gasteiger partial charge on any atom is -0.00260 e. The lowest BCUT2D eigenvalue weighted by atomic mass is 9.84. The summed E-state index contributed by atoms with van der Waals surface area (Å²) in [5.41, 5.74) is 13.2. The first-order valence-corrected chi connectivity index (χ1v) is 14.8. The number of rotatable bonds is 3. The molecule has 0 aliphatic carbocycles. The SMILES string of the molecule is CCc1cc2ccc(-c3c4ccc(C)cc4c(-c4ccc5cc(C)cc(C)c5c4)c4ccc(C)cc34)cc2cc1C. The molecule has 0 nitrogen and oxygen atoms in total. The molecule has 0 radical (unpaired) electrons. The molecule has 41 heavy (non-hydrogen) atoms. The van der Waals surface area contributed by atoms with Crippen LogP contribution in [0.1, 0.15) is 40.3 Å². The first kappa shape index (κ1) is 25.5. The van der Waals surface area contributed by atoms with Crippen molar-refractivity contribution >= 4 is 43.1 Å². The molecule has 7 rings (SSSR count). The van der Waals surface area contributed by atoms with Gasteiger partial charge < -0.3 is 0 Å². The fourth-order valence-electron chi connectivity index (χ4n) is 6.96. The molecule has 0 saturated carbocycles. The molecular formula is C41H36. The standard InChI is InChI=1S/C41H36/c1-7-29-21-30-10-12-32(22-34(30)20-27(29)5)40-35-14-8-25(3)19-39(35)41(36-15-9-24(2)18-38(36)40)33-13-11-31-17-26(4)16-28(6)37(31)23-33/h8-23H,7H2,1-6H3. The van der Waals surface area contributed by atoms with Crippen LogP contribution < -0.4 is 0 Å². The van der Waals surface area contributed by atoms with Gasteiger partial charge in [0.2, 0.25) is 0 Å². The highest BCUT2D eigenvalue weighted by Gasteiger charge is 2.18. The van der Waals surface area contributed by atoms with Crippen LogP contribution in [0.15, 0.2) is 97.1 Å². The summed E-state index contributed by atoms with van der Waals surface area (Å²) >= 11 is 0. The van der Waals surface area contributed by atoms with Gasteiger partial charge in [0.1, 0.15) is 0 Å². The van der Waals surface area contributed by atoms with E-state index < -0.39 is 0 Å². The van der Waals surface area contributed by atoms with Crippen LogP contribution in [0.5, 0.6) is 0 Å². The average Bonchev–Trinajstić information content (AvgIpc) is 2.95. The molecule has 0 atom stereocenters. The predicted octanol–water partition coefficient (Wildman–Crippen LogP) is 11.7. The van der Waals surface area contributed by atoms with Crippen LogP contribution in [0, 0.1) is 34.6 Å². The van der Waals surface area contributed by atoms with E-state index in [1.165, 1.54) is 98.7 Å². The van der Waals surface area contributed by atoms with E-state index in [4.69, 9.17) is 0 Å². The van der Waals surface area contributed by atoms with E-state index in [0.29, 0.717) is 0 Å². The summed E-state index contributed by atoms with van der Waals surface area (Å²) in [5, 5.41) is 10.5. The van der Waals surface area contributed by atoms with E-state index in [0.717, 1.165) is 6.42 Å². The summed E-state index contributed by atoms with van der Waals surface area (Å²) < 4.78 is 0. The van der Waals surface area contributed by atoms with Crippen molar-refractivity contribution in [3.8, 4) is 22.3 Å². The Morgan fingerprint density at radius 3 is 1.63 bits per heavy atom. The minimum atomic E-state index is 1.06. The van der Waals surface area contributed by atoms with E-state index >= 15 is 0 Å². The number of aryl methyl sites for hydroxylation is 6. The number of fused-ring (bicyclic) bond motifs is 4. The van der Waals surface area contributed by atoms with Crippen LogP contribution >= 0.6 is 0 Å². The molecule has 0 heterocycles. The van der Waals surface area contributed by atoms with Crippen molar-refractivity contribution in [2.75, 3.05) is 0 Å². The van der Waals surface area contributed by atoms with Gasteiger partial charge in [-0.3, -0.25) is 0 Å². The predicted molar refractivity (Wildman–Crippen MR) is 180 cm³/mol. The second kappa shape index (κ2) is 9.60. The molecule has 7 aromatic rings. The van der Waals surface area contributed by atoms with Crippen molar-refractivity contribution in [2.45, 2.75) is 48.0 Å². The maximum atomic E-state index is 2.41. The number of benzene rings is 7. The largest absolute Gasteiger partial charge is 0.0613 e. The van der Waals surface area contributed by atoms with Gasteiger partial charge in [-0.05, 0) is 135 Å². The molecule has 0 saturated heterocycles. The topological polar surface area (TPSA) is 0 Å². The first-order valence-electron chi connectivity index (χ1n) is 14.8. The molecular weight excluding hydrogens is 492 g/mol. The van der Waals surface area contributed by atoms with Gasteiger partial charge >= 0.3 is 0 Å². The minimum Gasteiger partial charge on any atom is -0.0613 e. The Hall–Kier alpha value is -4.42.